The molecule has 0 unspecified atom stereocenters. The highest BCUT2D eigenvalue weighted by Crippen LogP contribution is 2.21. The van der Waals surface area contributed by atoms with Crippen LogP contribution in [-0.4, -0.2) is 47.4 Å². The Morgan fingerprint density at radius 3 is 2.27 bits per heavy atom. The van der Waals surface area contributed by atoms with Gasteiger partial charge in [0.1, 0.15) is 24.7 Å². The molecule has 0 aromatic heterocycles. The van der Waals surface area contributed by atoms with E-state index < -0.39 is 15.9 Å². The molecule has 0 aliphatic heterocycles. The molecular weight excluding hydrogens is 356 g/mol. The van der Waals surface area contributed by atoms with Crippen LogP contribution in [-0.2, 0) is 14.8 Å². The Kier molecular flexibility index (Phi) is 6.85. The number of rotatable bonds is 9. The van der Waals surface area contributed by atoms with Gasteiger partial charge in [-0.05, 0) is 36.4 Å². The number of amides is 1. The number of hydrogen-bond donors (Lipinski definition) is 1. The summed E-state index contributed by atoms with van der Waals surface area (Å²) in [5, 5.41) is 2.65. The Bertz CT molecular complexity index is 807. The minimum Gasteiger partial charge on any atom is -0.497 e. The predicted octanol–water partition coefficient (Wildman–Crippen LogP) is 1.66. The molecule has 1 amide bonds. The van der Waals surface area contributed by atoms with Gasteiger partial charge in [-0.25, -0.2) is 8.42 Å². The Hall–Kier alpha value is -2.74. The first-order chi connectivity index (χ1) is 12.4. The van der Waals surface area contributed by atoms with Crippen molar-refractivity contribution in [3.8, 4) is 11.5 Å². The average Bonchev–Trinajstić information content (AvgIpc) is 2.63. The molecule has 26 heavy (non-hydrogen) atoms. The van der Waals surface area contributed by atoms with E-state index in [4.69, 9.17) is 9.47 Å². The SMILES string of the molecule is COc1ccc(N(CC(=O)NCCOc2ccccc2)S(C)(=O)=O)cc1. The lowest BCUT2D eigenvalue weighted by Crippen LogP contribution is -2.41. The quantitative estimate of drug-likeness (QED) is 0.671. The molecule has 0 atom stereocenters. The molecule has 7 nitrogen and oxygen atoms in total. The van der Waals surface area contributed by atoms with Gasteiger partial charge in [0.2, 0.25) is 15.9 Å². The summed E-state index contributed by atoms with van der Waals surface area (Å²) in [4.78, 5) is 12.1. The number of carbonyl (C=O) groups excluding carboxylic acids is 1. The molecule has 0 saturated heterocycles. The van der Waals surface area contributed by atoms with Gasteiger partial charge in [-0.2, -0.15) is 0 Å². The Balaban J connectivity index is 1.90. The number of benzene rings is 2. The predicted molar refractivity (Wildman–Crippen MR) is 100 cm³/mol. The number of sulfonamides is 1. The minimum absolute atomic E-state index is 0.272. The maximum Gasteiger partial charge on any atom is 0.240 e. The van der Waals surface area contributed by atoms with Crippen molar-refractivity contribution in [3.05, 3.63) is 54.6 Å². The summed E-state index contributed by atoms with van der Waals surface area (Å²) < 4.78 is 35.6. The second kappa shape index (κ2) is 9.10. The molecule has 2 aromatic carbocycles. The van der Waals surface area contributed by atoms with E-state index >= 15 is 0 Å². The zero-order chi connectivity index (χ0) is 19.0. The lowest BCUT2D eigenvalue weighted by Gasteiger charge is -2.22. The molecule has 2 aromatic rings. The Labute approximate surface area is 153 Å². The fourth-order valence-electron chi connectivity index (χ4n) is 2.21. The van der Waals surface area contributed by atoms with Gasteiger partial charge in [-0.15, -0.1) is 0 Å². The van der Waals surface area contributed by atoms with Crippen molar-refractivity contribution < 1.29 is 22.7 Å². The maximum absolute atomic E-state index is 12.1. The highest BCUT2D eigenvalue weighted by atomic mass is 32.2. The average molecular weight is 378 g/mol. The van der Waals surface area contributed by atoms with E-state index in [-0.39, 0.29) is 19.7 Å². The number of nitrogens with zero attached hydrogens (tertiary/aromatic N) is 1. The van der Waals surface area contributed by atoms with Crippen LogP contribution in [0.5, 0.6) is 11.5 Å². The van der Waals surface area contributed by atoms with Gasteiger partial charge in [0.05, 0.1) is 25.6 Å². The second-order valence-corrected chi connectivity index (χ2v) is 7.39. The summed E-state index contributed by atoms with van der Waals surface area (Å²) in [6.45, 7) is 0.252. The van der Waals surface area contributed by atoms with Crippen LogP contribution in [0, 0.1) is 0 Å². The van der Waals surface area contributed by atoms with Gasteiger partial charge >= 0.3 is 0 Å². The van der Waals surface area contributed by atoms with Gasteiger partial charge in [0, 0.05) is 0 Å². The normalized spacial score (nSPS) is 10.8. The third-order valence-electron chi connectivity index (χ3n) is 3.48. The van der Waals surface area contributed by atoms with E-state index in [1.54, 1.807) is 24.3 Å². The van der Waals surface area contributed by atoms with Crippen LogP contribution < -0.4 is 19.1 Å². The summed E-state index contributed by atoms with van der Waals surface area (Å²) in [5.74, 6) is 0.894. The molecule has 0 heterocycles. The molecule has 2 rings (SSSR count). The van der Waals surface area contributed by atoms with Gasteiger partial charge in [-0.1, -0.05) is 18.2 Å². The van der Waals surface area contributed by atoms with Gasteiger partial charge < -0.3 is 14.8 Å². The van der Waals surface area contributed by atoms with Crippen LogP contribution in [0.25, 0.3) is 0 Å². The molecule has 8 heteroatoms. The van der Waals surface area contributed by atoms with E-state index in [1.807, 2.05) is 30.3 Å². The van der Waals surface area contributed by atoms with Crippen LogP contribution in [0.15, 0.2) is 54.6 Å². The van der Waals surface area contributed by atoms with Gasteiger partial charge in [0.15, 0.2) is 0 Å². The van der Waals surface area contributed by atoms with Crippen molar-refractivity contribution in [1.29, 1.82) is 0 Å². The molecule has 0 bridgehead atoms. The molecule has 0 aliphatic carbocycles. The molecule has 0 fully saturated rings. The van der Waals surface area contributed by atoms with Crippen molar-refractivity contribution >= 4 is 21.6 Å². The van der Waals surface area contributed by atoms with E-state index in [1.165, 1.54) is 7.11 Å². The number of nitrogens with one attached hydrogen (secondary N) is 1. The minimum atomic E-state index is -3.61. The molecule has 1 N–H and O–H groups in total. The first kappa shape index (κ1) is 19.6. The van der Waals surface area contributed by atoms with Crippen LogP contribution in [0.1, 0.15) is 0 Å². The number of anilines is 1. The lowest BCUT2D eigenvalue weighted by molar-refractivity contribution is -0.119. The summed E-state index contributed by atoms with van der Waals surface area (Å²) in [7, 11) is -2.08. The maximum atomic E-state index is 12.1. The number of hydrogen-bond acceptors (Lipinski definition) is 5. The number of carbonyl (C=O) groups is 1. The monoisotopic (exact) mass is 378 g/mol. The molecular formula is C18H22N2O5S. The first-order valence-corrected chi connectivity index (χ1v) is 9.81. The van der Waals surface area contributed by atoms with E-state index in [2.05, 4.69) is 5.32 Å². The number of ether oxygens (including phenoxy) is 2. The van der Waals surface area contributed by atoms with Crippen molar-refractivity contribution in [2.45, 2.75) is 0 Å². The van der Waals surface area contributed by atoms with Gasteiger partial charge in [-0.3, -0.25) is 9.10 Å². The second-order valence-electron chi connectivity index (χ2n) is 5.48. The van der Waals surface area contributed by atoms with Crippen molar-refractivity contribution in [2.24, 2.45) is 0 Å². The van der Waals surface area contributed by atoms with Crippen LogP contribution in [0.2, 0.25) is 0 Å². The van der Waals surface area contributed by atoms with E-state index in [0.29, 0.717) is 17.2 Å². The third-order valence-corrected chi connectivity index (χ3v) is 4.62. The van der Waals surface area contributed by atoms with Gasteiger partial charge in [0.25, 0.3) is 0 Å². The largest absolute Gasteiger partial charge is 0.497 e. The topological polar surface area (TPSA) is 84.9 Å². The lowest BCUT2D eigenvalue weighted by atomic mass is 10.3. The molecule has 0 spiro atoms. The van der Waals surface area contributed by atoms with Crippen molar-refractivity contribution in [2.75, 3.05) is 37.4 Å². The summed E-state index contributed by atoms with van der Waals surface area (Å²) >= 11 is 0. The summed E-state index contributed by atoms with van der Waals surface area (Å²) in [5.41, 5.74) is 0.393. The molecule has 0 radical (unpaired) electrons. The zero-order valence-corrected chi connectivity index (χ0v) is 15.5. The highest BCUT2D eigenvalue weighted by molar-refractivity contribution is 7.92. The van der Waals surface area contributed by atoms with Crippen molar-refractivity contribution in [1.82, 2.24) is 5.32 Å². The fraction of sp³-hybridized carbons (Fsp3) is 0.278. The van der Waals surface area contributed by atoms with Crippen LogP contribution in [0.3, 0.4) is 0 Å². The third kappa shape index (κ3) is 5.96. The zero-order valence-electron chi connectivity index (χ0n) is 14.7. The number of methoxy groups -OCH3 is 1. The van der Waals surface area contributed by atoms with Crippen molar-refractivity contribution in [3.63, 3.8) is 0 Å². The number of para-hydroxylation sites is 1. The van der Waals surface area contributed by atoms with Crippen LogP contribution in [0.4, 0.5) is 5.69 Å². The fourth-order valence-corrected chi connectivity index (χ4v) is 3.07. The Morgan fingerprint density at radius 1 is 1.04 bits per heavy atom. The van der Waals surface area contributed by atoms with E-state index in [0.717, 1.165) is 10.6 Å². The summed E-state index contributed by atoms with van der Waals surface area (Å²) in [6, 6.07) is 15.7. The molecule has 0 aliphatic rings. The summed E-state index contributed by atoms with van der Waals surface area (Å²) in [6.07, 6.45) is 1.06. The van der Waals surface area contributed by atoms with E-state index in [9.17, 15) is 13.2 Å². The Morgan fingerprint density at radius 2 is 1.69 bits per heavy atom. The smallest absolute Gasteiger partial charge is 0.240 e. The molecule has 140 valence electrons. The van der Waals surface area contributed by atoms with Crippen LogP contribution >= 0.6 is 0 Å². The highest BCUT2D eigenvalue weighted by Gasteiger charge is 2.20. The first-order valence-electron chi connectivity index (χ1n) is 7.96. The molecule has 0 saturated carbocycles. The standard InChI is InChI=1S/C18H22N2O5S/c1-24-16-10-8-15(9-11-16)20(26(2,22)23)14-18(21)19-12-13-25-17-6-4-3-5-7-17/h3-11H,12-14H2,1-2H3,(H,19,21).